The van der Waals surface area contributed by atoms with E-state index in [1.807, 2.05) is 41.3 Å². The fourth-order valence-corrected chi connectivity index (χ4v) is 3.51. The van der Waals surface area contributed by atoms with Gasteiger partial charge in [-0.3, -0.25) is 9.69 Å². The molecule has 0 bridgehead atoms. The SMILES string of the molecule is Cc1ccccc1CC(=O)N1CCN(CCc2ccccc2Cl)CC1. The summed E-state index contributed by atoms with van der Waals surface area (Å²) in [4.78, 5) is 17.0. The quantitative estimate of drug-likeness (QED) is 0.817. The second kappa shape index (κ2) is 8.50. The van der Waals surface area contributed by atoms with Gasteiger partial charge in [-0.05, 0) is 36.1 Å². The summed E-state index contributed by atoms with van der Waals surface area (Å²) < 4.78 is 0. The summed E-state index contributed by atoms with van der Waals surface area (Å²) >= 11 is 6.23. The number of aryl methyl sites for hydroxylation is 1. The minimum atomic E-state index is 0.236. The van der Waals surface area contributed by atoms with Gasteiger partial charge in [-0.2, -0.15) is 0 Å². The van der Waals surface area contributed by atoms with E-state index >= 15 is 0 Å². The summed E-state index contributed by atoms with van der Waals surface area (Å²) in [5.74, 6) is 0.236. The third kappa shape index (κ3) is 4.83. The van der Waals surface area contributed by atoms with Gasteiger partial charge in [0.1, 0.15) is 0 Å². The van der Waals surface area contributed by atoms with Gasteiger partial charge in [0.25, 0.3) is 0 Å². The molecular weight excluding hydrogens is 332 g/mol. The van der Waals surface area contributed by atoms with Crippen molar-refractivity contribution in [2.45, 2.75) is 19.8 Å². The van der Waals surface area contributed by atoms with E-state index in [9.17, 15) is 4.79 Å². The van der Waals surface area contributed by atoms with Crippen LogP contribution in [0, 0.1) is 6.92 Å². The average molecular weight is 357 g/mol. The first-order chi connectivity index (χ1) is 12.1. The molecule has 0 aromatic heterocycles. The van der Waals surface area contributed by atoms with Crippen LogP contribution in [0.4, 0.5) is 0 Å². The molecule has 132 valence electrons. The number of nitrogens with zero attached hydrogens (tertiary/aromatic N) is 2. The van der Waals surface area contributed by atoms with Crippen molar-refractivity contribution in [1.82, 2.24) is 9.80 Å². The number of carbonyl (C=O) groups is 1. The Balaban J connectivity index is 1.46. The zero-order chi connectivity index (χ0) is 17.6. The molecule has 1 fully saturated rings. The standard InChI is InChI=1S/C21H25ClN2O/c1-17-6-2-3-8-19(17)16-21(25)24-14-12-23(13-15-24)11-10-18-7-4-5-9-20(18)22/h2-9H,10-16H2,1H3. The lowest BCUT2D eigenvalue weighted by atomic mass is 10.1. The summed E-state index contributed by atoms with van der Waals surface area (Å²) in [5, 5.41) is 0.842. The second-order valence-electron chi connectivity index (χ2n) is 6.67. The molecule has 2 aromatic carbocycles. The maximum absolute atomic E-state index is 12.5. The largest absolute Gasteiger partial charge is 0.340 e. The first-order valence-corrected chi connectivity index (χ1v) is 9.29. The van der Waals surface area contributed by atoms with Crippen LogP contribution < -0.4 is 0 Å². The van der Waals surface area contributed by atoms with E-state index in [2.05, 4.69) is 24.0 Å². The zero-order valence-electron chi connectivity index (χ0n) is 14.7. The van der Waals surface area contributed by atoms with E-state index in [1.165, 1.54) is 11.1 Å². The van der Waals surface area contributed by atoms with Gasteiger partial charge in [0.15, 0.2) is 0 Å². The topological polar surface area (TPSA) is 23.6 Å². The van der Waals surface area contributed by atoms with Crippen LogP contribution in [0.3, 0.4) is 0 Å². The van der Waals surface area contributed by atoms with Gasteiger partial charge >= 0.3 is 0 Å². The molecule has 1 saturated heterocycles. The van der Waals surface area contributed by atoms with Crippen molar-refractivity contribution in [3.8, 4) is 0 Å². The van der Waals surface area contributed by atoms with E-state index < -0.39 is 0 Å². The number of hydrogen-bond acceptors (Lipinski definition) is 2. The molecule has 25 heavy (non-hydrogen) atoms. The molecule has 0 atom stereocenters. The molecule has 0 aliphatic carbocycles. The summed E-state index contributed by atoms with van der Waals surface area (Å²) in [6.07, 6.45) is 1.46. The van der Waals surface area contributed by atoms with Crippen molar-refractivity contribution in [2.75, 3.05) is 32.7 Å². The minimum absolute atomic E-state index is 0.236. The third-order valence-corrected chi connectivity index (χ3v) is 5.35. The van der Waals surface area contributed by atoms with Crippen LogP contribution in [0.25, 0.3) is 0 Å². The number of amides is 1. The average Bonchev–Trinajstić information content (AvgIpc) is 2.63. The van der Waals surface area contributed by atoms with Crippen LogP contribution >= 0.6 is 11.6 Å². The van der Waals surface area contributed by atoms with Crippen molar-refractivity contribution in [1.29, 1.82) is 0 Å². The molecule has 1 amide bonds. The number of benzene rings is 2. The van der Waals surface area contributed by atoms with Gasteiger partial charge in [-0.15, -0.1) is 0 Å². The van der Waals surface area contributed by atoms with E-state index in [0.29, 0.717) is 6.42 Å². The number of rotatable bonds is 5. The highest BCUT2D eigenvalue weighted by molar-refractivity contribution is 6.31. The Hall–Kier alpha value is -1.84. The molecular formula is C21H25ClN2O. The highest BCUT2D eigenvalue weighted by atomic mass is 35.5. The molecule has 3 rings (SSSR count). The van der Waals surface area contributed by atoms with Crippen LogP contribution in [0.5, 0.6) is 0 Å². The fourth-order valence-electron chi connectivity index (χ4n) is 3.28. The first-order valence-electron chi connectivity index (χ1n) is 8.91. The molecule has 0 unspecified atom stereocenters. The summed E-state index contributed by atoms with van der Waals surface area (Å²) in [7, 11) is 0. The number of piperazine rings is 1. The van der Waals surface area contributed by atoms with Crippen molar-refractivity contribution in [3.05, 3.63) is 70.2 Å². The van der Waals surface area contributed by atoms with Gasteiger partial charge in [0.2, 0.25) is 5.91 Å². The Bertz CT molecular complexity index is 723. The third-order valence-electron chi connectivity index (χ3n) is 4.98. The van der Waals surface area contributed by atoms with Crippen LogP contribution in [0.2, 0.25) is 5.02 Å². The van der Waals surface area contributed by atoms with Crippen molar-refractivity contribution >= 4 is 17.5 Å². The van der Waals surface area contributed by atoms with E-state index in [4.69, 9.17) is 11.6 Å². The molecule has 1 heterocycles. The molecule has 0 N–H and O–H groups in total. The van der Waals surface area contributed by atoms with Crippen molar-refractivity contribution < 1.29 is 4.79 Å². The smallest absolute Gasteiger partial charge is 0.227 e. The lowest BCUT2D eigenvalue weighted by Gasteiger charge is -2.35. The summed E-state index contributed by atoms with van der Waals surface area (Å²) in [6, 6.07) is 16.2. The summed E-state index contributed by atoms with van der Waals surface area (Å²) in [6.45, 7) is 6.55. The number of halogens is 1. The maximum Gasteiger partial charge on any atom is 0.227 e. The Labute approximate surface area is 155 Å². The van der Waals surface area contributed by atoms with Crippen LogP contribution in [-0.4, -0.2) is 48.4 Å². The Morgan fingerprint density at radius 1 is 0.960 bits per heavy atom. The number of carbonyl (C=O) groups excluding carboxylic acids is 1. The minimum Gasteiger partial charge on any atom is -0.340 e. The van der Waals surface area contributed by atoms with Gasteiger partial charge in [-0.25, -0.2) is 0 Å². The monoisotopic (exact) mass is 356 g/mol. The van der Waals surface area contributed by atoms with Crippen molar-refractivity contribution in [2.24, 2.45) is 0 Å². The van der Waals surface area contributed by atoms with Crippen molar-refractivity contribution in [3.63, 3.8) is 0 Å². The van der Waals surface area contributed by atoms with Gasteiger partial charge in [0.05, 0.1) is 6.42 Å². The van der Waals surface area contributed by atoms with Gasteiger partial charge < -0.3 is 4.90 Å². The zero-order valence-corrected chi connectivity index (χ0v) is 15.5. The predicted molar refractivity (Wildman–Crippen MR) is 103 cm³/mol. The molecule has 0 spiro atoms. The summed E-state index contributed by atoms with van der Waals surface area (Å²) in [5.41, 5.74) is 3.52. The maximum atomic E-state index is 12.5. The molecule has 2 aromatic rings. The number of hydrogen-bond donors (Lipinski definition) is 0. The predicted octanol–water partition coefficient (Wildman–Crippen LogP) is 3.58. The Kier molecular flexibility index (Phi) is 6.11. The Morgan fingerprint density at radius 3 is 2.28 bits per heavy atom. The first kappa shape index (κ1) is 18.0. The lowest BCUT2D eigenvalue weighted by molar-refractivity contribution is -0.132. The highest BCUT2D eigenvalue weighted by Gasteiger charge is 2.21. The normalized spacial score (nSPS) is 15.4. The van der Waals surface area contributed by atoms with Gasteiger partial charge in [-0.1, -0.05) is 54.1 Å². The fraction of sp³-hybridized carbons (Fsp3) is 0.381. The molecule has 3 nitrogen and oxygen atoms in total. The molecule has 0 radical (unpaired) electrons. The van der Waals surface area contributed by atoms with E-state index in [-0.39, 0.29) is 5.91 Å². The van der Waals surface area contributed by atoms with Crippen LogP contribution in [-0.2, 0) is 17.6 Å². The molecule has 4 heteroatoms. The van der Waals surface area contributed by atoms with Crippen LogP contribution in [0.15, 0.2) is 48.5 Å². The van der Waals surface area contributed by atoms with E-state index in [0.717, 1.165) is 49.7 Å². The molecule has 1 aliphatic rings. The second-order valence-corrected chi connectivity index (χ2v) is 7.07. The molecule has 1 aliphatic heterocycles. The Morgan fingerprint density at radius 2 is 1.60 bits per heavy atom. The van der Waals surface area contributed by atoms with Crippen LogP contribution in [0.1, 0.15) is 16.7 Å². The lowest BCUT2D eigenvalue weighted by Crippen LogP contribution is -2.49. The van der Waals surface area contributed by atoms with E-state index in [1.54, 1.807) is 0 Å². The highest BCUT2D eigenvalue weighted by Crippen LogP contribution is 2.16. The van der Waals surface area contributed by atoms with Gasteiger partial charge in [0, 0.05) is 37.7 Å². The molecule has 0 saturated carbocycles.